The molecule has 7 heteroatoms. The van der Waals surface area contributed by atoms with Crippen LogP contribution in [0.4, 0.5) is 4.79 Å². The Hall–Kier alpha value is -1.30. The molecular formula is C18H24Cl2N3O2+. The van der Waals surface area contributed by atoms with Gasteiger partial charge in [0.15, 0.2) is 6.67 Å². The molecule has 2 aliphatic rings. The zero-order chi connectivity index (χ0) is 18.2. The first-order chi connectivity index (χ1) is 11.8. The summed E-state index contributed by atoms with van der Waals surface area (Å²) in [4.78, 5) is 27.8. The lowest BCUT2D eigenvalue weighted by Crippen LogP contribution is -3.09. The van der Waals surface area contributed by atoms with Crippen molar-refractivity contribution in [2.24, 2.45) is 5.92 Å². The molecule has 1 heterocycles. The van der Waals surface area contributed by atoms with Gasteiger partial charge in [-0.15, -0.1) is 0 Å². The Bertz CT molecular complexity index is 697. The van der Waals surface area contributed by atoms with E-state index < -0.39 is 5.54 Å². The fraction of sp³-hybridized carbons (Fsp3) is 0.556. The number of nitrogens with zero attached hydrogens (tertiary/aromatic N) is 1. The van der Waals surface area contributed by atoms with Crippen LogP contribution in [0.1, 0.15) is 38.2 Å². The number of quaternary nitrogens is 1. The van der Waals surface area contributed by atoms with Crippen molar-refractivity contribution in [3.63, 3.8) is 0 Å². The highest BCUT2D eigenvalue weighted by molar-refractivity contribution is 6.42. The second-order valence-corrected chi connectivity index (χ2v) is 8.14. The van der Waals surface area contributed by atoms with Crippen LogP contribution in [0, 0.1) is 5.92 Å². The number of imide groups is 1. The molecule has 1 unspecified atom stereocenters. The third-order valence-corrected chi connectivity index (χ3v) is 6.16. The van der Waals surface area contributed by atoms with Crippen LogP contribution in [0.5, 0.6) is 0 Å². The van der Waals surface area contributed by atoms with Gasteiger partial charge in [-0.25, -0.2) is 9.69 Å². The molecule has 0 aromatic heterocycles. The molecule has 2 N–H and O–H groups in total. The maximum absolute atomic E-state index is 13.0. The molecule has 136 valence electrons. The van der Waals surface area contributed by atoms with E-state index in [2.05, 4.69) is 12.2 Å². The lowest BCUT2D eigenvalue weighted by molar-refractivity contribution is -0.901. The Morgan fingerprint density at radius 1 is 1.28 bits per heavy atom. The number of carbonyl (C=O) groups excluding carboxylic acids is 2. The third kappa shape index (κ3) is 3.50. The molecule has 1 aliphatic carbocycles. The number of rotatable bonds is 4. The fourth-order valence-corrected chi connectivity index (χ4v) is 4.28. The normalized spacial score (nSPS) is 27.7. The summed E-state index contributed by atoms with van der Waals surface area (Å²) in [5.74, 6) is 0.108. The number of hydrogen-bond donors (Lipinski definition) is 2. The van der Waals surface area contributed by atoms with Crippen LogP contribution in [0.3, 0.4) is 0 Å². The minimum Gasteiger partial charge on any atom is -0.323 e. The highest BCUT2D eigenvalue weighted by Crippen LogP contribution is 2.37. The zero-order valence-electron chi connectivity index (χ0n) is 14.6. The molecule has 3 atom stereocenters. The topological polar surface area (TPSA) is 53.9 Å². The number of hydrogen-bond acceptors (Lipinski definition) is 2. The van der Waals surface area contributed by atoms with Gasteiger partial charge in [-0.3, -0.25) is 4.79 Å². The minimum absolute atomic E-state index is 0.0711. The predicted molar refractivity (Wildman–Crippen MR) is 97.7 cm³/mol. The van der Waals surface area contributed by atoms with Crippen LogP contribution in [0.2, 0.25) is 10.0 Å². The summed E-state index contributed by atoms with van der Waals surface area (Å²) in [6, 6.07) is 5.23. The molecule has 3 rings (SSSR count). The quantitative estimate of drug-likeness (QED) is 0.783. The molecule has 5 nitrogen and oxygen atoms in total. The highest BCUT2D eigenvalue weighted by atomic mass is 35.5. The first kappa shape index (κ1) is 18.5. The van der Waals surface area contributed by atoms with Crippen molar-refractivity contribution < 1.29 is 14.5 Å². The van der Waals surface area contributed by atoms with E-state index in [0.29, 0.717) is 23.3 Å². The van der Waals surface area contributed by atoms with Gasteiger partial charge in [-0.05, 0) is 30.9 Å². The molecule has 0 radical (unpaired) electrons. The van der Waals surface area contributed by atoms with Gasteiger partial charge in [0, 0.05) is 5.56 Å². The number of carbonyl (C=O) groups is 2. The van der Waals surface area contributed by atoms with Crippen molar-refractivity contribution in [2.75, 3.05) is 13.7 Å². The Morgan fingerprint density at radius 2 is 2.04 bits per heavy atom. The predicted octanol–water partition coefficient (Wildman–Crippen LogP) is 2.47. The number of halogens is 2. The first-order valence-electron chi connectivity index (χ1n) is 8.73. The zero-order valence-corrected chi connectivity index (χ0v) is 16.1. The van der Waals surface area contributed by atoms with E-state index in [4.69, 9.17) is 23.2 Å². The monoisotopic (exact) mass is 384 g/mol. The molecule has 1 aromatic rings. The van der Waals surface area contributed by atoms with E-state index >= 15 is 0 Å². The summed E-state index contributed by atoms with van der Waals surface area (Å²) in [6.07, 6.45) is 3.82. The highest BCUT2D eigenvalue weighted by Gasteiger charge is 2.55. The summed E-state index contributed by atoms with van der Waals surface area (Å²) < 4.78 is 0. The summed E-state index contributed by atoms with van der Waals surface area (Å²) in [5, 5.41) is 4.02. The Balaban J connectivity index is 1.68. The molecule has 1 saturated carbocycles. The fourth-order valence-electron chi connectivity index (χ4n) is 3.96. The molecular weight excluding hydrogens is 361 g/mol. The van der Waals surface area contributed by atoms with Gasteiger partial charge >= 0.3 is 6.03 Å². The van der Waals surface area contributed by atoms with Crippen molar-refractivity contribution >= 4 is 35.1 Å². The van der Waals surface area contributed by atoms with Gasteiger partial charge in [-0.2, -0.15) is 0 Å². The van der Waals surface area contributed by atoms with Crippen LogP contribution in [0.15, 0.2) is 18.2 Å². The van der Waals surface area contributed by atoms with E-state index in [0.717, 1.165) is 36.1 Å². The number of nitrogens with one attached hydrogen (secondary N) is 2. The lowest BCUT2D eigenvalue weighted by Gasteiger charge is -2.36. The van der Waals surface area contributed by atoms with Gasteiger partial charge < -0.3 is 10.2 Å². The maximum Gasteiger partial charge on any atom is 0.329 e. The first-order valence-corrected chi connectivity index (χ1v) is 9.48. The van der Waals surface area contributed by atoms with Crippen molar-refractivity contribution in [3.8, 4) is 0 Å². The van der Waals surface area contributed by atoms with Crippen molar-refractivity contribution in [1.82, 2.24) is 10.2 Å². The average molecular weight is 385 g/mol. The molecule has 1 aliphatic heterocycles. The Morgan fingerprint density at radius 3 is 2.72 bits per heavy atom. The second kappa shape index (κ2) is 7.14. The van der Waals surface area contributed by atoms with E-state index in [1.54, 1.807) is 6.07 Å². The van der Waals surface area contributed by atoms with Crippen LogP contribution in [-0.2, 0) is 11.3 Å². The Labute approximate surface area is 158 Å². The minimum atomic E-state index is -0.695. The number of urea groups is 1. The molecule has 3 amide bonds. The van der Waals surface area contributed by atoms with Crippen LogP contribution < -0.4 is 10.2 Å². The van der Waals surface area contributed by atoms with Gasteiger partial charge in [0.25, 0.3) is 5.91 Å². The smallest absolute Gasteiger partial charge is 0.323 e. The summed E-state index contributed by atoms with van der Waals surface area (Å²) in [7, 11) is 1.96. The molecule has 1 spiro atoms. The SMILES string of the molecule is C[C@H]1CCCC[C@]12NC(=O)N(C[NH+](C)Cc1ccc(Cl)c(Cl)c1)C2=O. The van der Waals surface area contributed by atoms with Crippen LogP contribution >= 0.6 is 23.2 Å². The number of amides is 3. The van der Waals surface area contributed by atoms with Gasteiger partial charge in [-0.1, -0.05) is 49.0 Å². The maximum atomic E-state index is 13.0. The van der Waals surface area contributed by atoms with Crippen LogP contribution in [-0.4, -0.2) is 36.1 Å². The summed E-state index contributed by atoms with van der Waals surface area (Å²) >= 11 is 12.0. The molecule has 0 bridgehead atoms. The van der Waals surface area contributed by atoms with Crippen molar-refractivity contribution in [2.45, 2.75) is 44.7 Å². The van der Waals surface area contributed by atoms with E-state index in [-0.39, 0.29) is 17.9 Å². The summed E-state index contributed by atoms with van der Waals surface area (Å²) in [6.45, 7) is 3.04. The second-order valence-electron chi connectivity index (χ2n) is 7.32. The third-order valence-electron chi connectivity index (χ3n) is 5.42. The molecule has 1 saturated heterocycles. The van der Waals surface area contributed by atoms with Gasteiger partial charge in [0.2, 0.25) is 0 Å². The van der Waals surface area contributed by atoms with E-state index in [1.165, 1.54) is 4.90 Å². The summed E-state index contributed by atoms with van der Waals surface area (Å²) in [5.41, 5.74) is 0.318. The number of benzene rings is 1. The standard InChI is InChI=1S/C18H23Cl2N3O2/c1-12-5-3-4-8-18(12)16(24)23(17(25)21-18)11-22(2)10-13-6-7-14(19)15(20)9-13/h6-7,9,12H,3-5,8,10-11H2,1-2H3,(H,21,25)/p+1/t12-,18-/m0/s1. The van der Waals surface area contributed by atoms with Crippen LogP contribution in [0.25, 0.3) is 0 Å². The Kier molecular flexibility index (Phi) is 5.28. The van der Waals surface area contributed by atoms with E-state index in [9.17, 15) is 9.59 Å². The van der Waals surface area contributed by atoms with Gasteiger partial charge in [0.1, 0.15) is 12.1 Å². The van der Waals surface area contributed by atoms with Gasteiger partial charge in [0.05, 0.1) is 17.1 Å². The van der Waals surface area contributed by atoms with E-state index in [1.807, 2.05) is 19.2 Å². The van der Waals surface area contributed by atoms with Crippen molar-refractivity contribution in [1.29, 1.82) is 0 Å². The molecule has 25 heavy (non-hydrogen) atoms. The largest absolute Gasteiger partial charge is 0.329 e. The molecule has 2 fully saturated rings. The molecule has 1 aromatic carbocycles. The average Bonchev–Trinajstić information content (AvgIpc) is 2.79. The van der Waals surface area contributed by atoms with Crippen molar-refractivity contribution in [3.05, 3.63) is 33.8 Å². The lowest BCUT2D eigenvalue weighted by atomic mass is 9.73.